The highest BCUT2D eigenvalue weighted by Gasteiger charge is 2.43. The molecule has 0 aromatic heterocycles. The lowest BCUT2D eigenvalue weighted by Gasteiger charge is -2.23. The Morgan fingerprint density at radius 1 is 1.38 bits per heavy atom. The summed E-state index contributed by atoms with van der Waals surface area (Å²) in [6.45, 7) is 3.87. The number of aryl methyl sites for hydroxylation is 2. The summed E-state index contributed by atoms with van der Waals surface area (Å²) in [5.74, 6) is -1.12. The fourth-order valence-electron chi connectivity index (χ4n) is 3.40. The Balaban J connectivity index is 2.19. The van der Waals surface area contributed by atoms with Crippen LogP contribution in [-0.4, -0.2) is 17.0 Å². The number of benzene rings is 1. The molecule has 1 aliphatic carbocycles. The molecule has 6 heteroatoms. The van der Waals surface area contributed by atoms with Crippen molar-refractivity contribution in [3.05, 3.63) is 23.3 Å². The number of thiocyanates is 1. The van der Waals surface area contributed by atoms with E-state index in [0.29, 0.717) is 12.8 Å². The molecule has 5 nitrogen and oxygen atoms in total. The maximum Gasteiger partial charge on any atom is 0.310 e. The fraction of sp³-hybridized carbons (Fsp3) is 0.500. The summed E-state index contributed by atoms with van der Waals surface area (Å²) in [4.78, 5) is 24.9. The van der Waals surface area contributed by atoms with E-state index in [9.17, 15) is 14.7 Å². The van der Waals surface area contributed by atoms with Gasteiger partial charge >= 0.3 is 5.97 Å². The standard InChI is InChI=1S/C18H22N2O3S/c1-3-13-9-14(24-11-19)8-12(2)16(13)20-15(21)10-18(17(22)23)6-4-5-7-18/h8-9H,3-7,10H2,1-2H3,(H,20,21)(H,22,23). The van der Waals surface area contributed by atoms with E-state index in [0.717, 1.165) is 52.7 Å². The molecule has 0 heterocycles. The zero-order valence-corrected chi connectivity index (χ0v) is 14.8. The first-order valence-corrected chi connectivity index (χ1v) is 8.96. The molecule has 1 amide bonds. The number of carboxylic acid groups (broad SMARTS) is 1. The van der Waals surface area contributed by atoms with Gasteiger partial charge in [0.05, 0.1) is 5.41 Å². The van der Waals surface area contributed by atoms with E-state index in [2.05, 4.69) is 10.7 Å². The molecule has 0 spiro atoms. The Morgan fingerprint density at radius 3 is 2.58 bits per heavy atom. The van der Waals surface area contributed by atoms with E-state index in [1.54, 1.807) is 0 Å². The predicted molar refractivity (Wildman–Crippen MR) is 93.8 cm³/mol. The van der Waals surface area contributed by atoms with E-state index in [-0.39, 0.29) is 12.3 Å². The van der Waals surface area contributed by atoms with Crippen LogP contribution in [0.4, 0.5) is 5.69 Å². The van der Waals surface area contributed by atoms with Crippen molar-refractivity contribution in [2.24, 2.45) is 5.41 Å². The van der Waals surface area contributed by atoms with Gasteiger partial charge in [0.1, 0.15) is 5.40 Å². The molecule has 0 radical (unpaired) electrons. The van der Waals surface area contributed by atoms with Crippen LogP contribution in [-0.2, 0) is 16.0 Å². The molecule has 24 heavy (non-hydrogen) atoms. The van der Waals surface area contributed by atoms with Gasteiger partial charge in [-0.15, -0.1) is 0 Å². The second kappa shape index (κ2) is 7.71. The van der Waals surface area contributed by atoms with Crippen LogP contribution >= 0.6 is 11.8 Å². The molecule has 128 valence electrons. The van der Waals surface area contributed by atoms with E-state index < -0.39 is 11.4 Å². The van der Waals surface area contributed by atoms with Gasteiger partial charge in [-0.3, -0.25) is 9.59 Å². The number of amides is 1. The number of rotatable bonds is 6. The summed E-state index contributed by atoms with van der Waals surface area (Å²) in [7, 11) is 0. The predicted octanol–water partition coefficient (Wildman–Crippen LogP) is 4.10. The number of anilines is 1. The van der Waals surface area contributed by atoms with Crippen LogP contribution in [0, 0.1) is 23.0 Å². The van der Waals surface area contributed by atoms with Crippen LogP contribution in [0.15, 0.2) is 17.0 Å². The number of carbonyl (C=O) groups is 2. The highest BCUT2D eigenvalue weighted by molar-refractivity contribution is 8.03. The molecular formula is C18H22N2O3S. The number of hydrogen-bond acceptors (Lipinski definition) is 4. The number of carbonyl (C=O) groups excluding carboxylic acids is 1. The molecular weight excluding hydrogens is 324 g/mol. The van der Waals surface area contributed by atoms with Crippen molar-refractivity contribution in [1.29, 1.82) is 5.26 Å². The van der Waals surface area contributed by atoms with Crippen molar-refractivity contribution in [3.8, 4) is 5.40 Å². The SMILES string of the molecule is CCc1cc(SC#N)cc(C)c1NC(=O)CC1(C(=O)O)CCCC1. The normalized spacial score (nSPS) is 15.7. The van der Waals surface area contributed by atoms with Gasteiger partial charge in [-0.25, -0.2) is 0 Å². The summed E-state index contributed by atoms with van der Waals surface area (Å²) in [6.07, 6.45) is 3.58. The number of nitrogens with zero attached hydrogens (tertiary/aromatic N) is 1. The Hall–Kier alpha value is -2.00. The highest BCUT2D eigenvalue weighted by atomic mass is 32.2. The summed E-state index contributed by atoms with van der Waals surface area (Å²) in [5, 5.41) is 23.3. The summed E-state index contributed by atoms with van der Waals surface area (Å²) >= 11 is 1.09. The summed E-state index contributed by atoms with van der Waals surface area (Å²) in [5.41, 5.74) is 1.66. The lowest BCUT2D eigenvalue weighted by Crippen LogP contribution is -2.33. The third-order valence-electron chi connectivity index (χ3n) is 4.71. The van der Waals surface area contributed by atoms with Gasteiger partial charge in [0.25, 0.3) is 0 Å². The minimum atomic E-state index is -0.916. The third kappa shape index (κ3) is 3.90. The van der Waals surface area contributed by atoms with Gasteiger partial charge in [-0.05, 0) is 61.2 Å². The first-order chi connectivity index (χ1) is 11.4. The fourth-order valence-corrected chi connectivity index (χ4v) is 3.94. The number of nitriles is 1. The van der Waals surface area contributed by atoms with Gasteiger partial charge < -0.3 is 10.4 Å². The van der Waals surface area contributed by atoms with Gasteiger partial charge in [0, 0.05) is 17.0 Å². The second-order valence-electron chi connectivity index (χ2n) is 6.34. The van der Waals surface area contributed by atoms with Crippen molar-refractivity contribution in [2.45, 2.75) is 57.3 Å². The van der Waals surface area contributed by atoms with Crippen LogP contribution in [0.2, 0.25) is 0 Å². The monoisotopic (exact) mass is 346 g/mol. The quantitative estimate of drug-likeness (QED) is 0.598. The van der Waals surface area contributed by atoms with Gasteiger partial charge in [0.2, 0.25) is 5.91 Å². The number of carboxylic acids is 1. The van der Waals surface area contributed by atoms with Crippen LogP contribution in [0.1, 0.15) is 50.2 Å². The van der Waals surface area contributed by atoms with E-state index in [4.69, 9.17) is 5.26 Å². The van der Waals surface area contributed by atoms with Gasteiger partial charge in [-0.2, -0.15) is 5.26 Å². The number of aliphatic carboxylic acids is 1. The average molecular weight is 346 g/mol. The van der Waals surface area contributed by atoms with Crippen molar-refractivity contribution in [1.82, 2.24) is 0 Å². The Kier molecular flexibility index (Phi) is 5.89. The first-order valence-electron chi connectivity index (χ1n) is 8.14. The van der Waals surface area contributed by atoms with Crippen molar-refractivity contribution in [2.75, 3.05) is 5.32 Å². The third-order valence-corrected chi connectivity index (χ3v) is 5.28. The van der Waals surface area contributed by atoms with Crippen LogP contribution in [0.3, 0.4) is 0 Å². The highest BCUT2D eigenvalue weighted by Crippen LogP contribution is 2.41. The Bertz CT molecular complexity index is 688. The number of nitrogens with one attached hydrogen (secondary N) is 1. The zero-order valence-electron chi connectivity index (χ0n) is 14.0. The van der Waals surface area contributed by atoms with Crippen molar-refractivity contribution < 1.29 is 14.7 Å². The minimum absolute atomic E-state index is 0.0135. The average Bonchev–Trinajstić information content (AvgIpc) is 2.99. The molecule has 0 aliphatic heterocycles. The topological polar surface area (TPSA) is 90.2 Å². The first kappa shape index (κ1) is 18.3. The number of hydrogen-bond donors (Lipinski definition) is 2. The van der Waals surface area contributed by atoms with Crippen LogP contribution < -0.4 is 5.32 Å². The Labute approximate surface area is 146 Å². The molecule has 0 unspecified atom stereocenters. The smallest absolute Gasteiger partial charge is 0.310 e. The molecule has 1 aromatic rings. The lowest BCUT2D eigenvalue weighted by molar-refractivity contribution is -0.150. The molecule has 0 atom stereocenters. The van der Waals surface area contributed by atoms with Gasteiger partial charge in [0.15, 0.2) is 0 Å². The molecule has 1 saturated carbocycles. The number of thioether (sulfide) groups is 1. The lowest BCUT2D eigenvalue weighted by atomic mass is 9.82. The Morgan fingerprint density at radius 2 is 2.04 bits per heavy atom. The van der Waals surface area contributed by atoms with Gasteiger partial charge in [-0.1, -0.05) is 19.8 Å². The maximum absolute atomic E-state index is 12.5. The molecule has 1 aromatic carbocycles. The molecule has 0 saturated heterocycles. The zero-order chi connectivity index (χ0) is 17.7. The summed E-state index contributed by atoms with van der Waals surface area (Å²) < 4.78 is 0. The van der Waals surface area contributed by atoms with Crippen LogP contribution in [0.25, 0.3) is 0 Å². The maximum atomic E-state index is 12.5. The molecule has 2 N–H and O–H groups in total. The van der Waals surface area contributed by atoms with Crippen molar-refractivity contribution in [3.63, 3.8) is 0 Å². The van der Waals surface area contributed by atoms with Crippen LogP contribution in [0.5, 0.6) is 0 Å². The van der Waals surface area contributed by atoms with Crippen molar-refractivity contribution >= 4 is 29.3 Å². The summed E-state index contributed by atoms with van der Waals surface area (Å²) in [6, 6.07) is 3.77. The molecule has 1 fully saturated rings. The van der Waals surface area contributed by atoms with E-state index >= 15 is 0 Å². The van der Waals surface area contributed by atoms with E-state index in [1.165, 1.54) is 0 Å². The largest absolute Gasteiger partial charge is 0.481 e. The molecule has 1 aliphatic rings. The minimum Gasteiger partial charge on any atom is -0.481 e. The van der Waals surface area contributed by atoms with E-state index in [1.807, 2.05) is 26.0 Å². The molecule has 2 rings (SSSR count). The second-order valence-corrected chi connectivity index (χ2v) is 7.20. The molecule has 0 bridgehead atoms.